The van der Waals surface area contributed by atoms with Gasteiger partial charge in [0.15, 0.2) is 0 Å². The molecule has 1 saturated heterocycles. The molecule has 188 valence electrons. The van der Waals surface area contributed by atoms with Crippen LogP contribution in [0.15, 0.2) is 72.9 Å². The summed E-state index contributed by atoms with van der Waals surface area (Å²) in [6.07, 6.45) is 1.91. The number of nitrogens with one attached hydrogen (secondary N) is 1. The minimum Gasteiger partial charge on any atom is -0.378 e. The Morgan fingerprint density at radius 3 is 2.59 bits per heavy atom. The van der Waals surface area contributed by atoms with Crippen molar-refractivity contribution in [1.29, 1.82) is 5.26 Å². The first-order valence-electron chi connectivity index (χ1n) is 12.0. The van der Waals surface area contributed by atoms with E-state index in [1.165, 1.54) is 4.31 Å². The largest absolute Gasteiger partial charge is 0.378 e. The fraction of sp³-hybridized carbons (Fsp3) is 0.222. The number of nitrogens with zero attached hydrogens (tertiary/aromatic N) is 5. The standard InChI is InChI=1S/C27H26N6O3S/c28-12-3-13-33(37(34)35)23-10-8-20(9-11-23)25-7-1-4-21-19-29-27(31-26(21)25)30-22-5-2-6-24(18-22)32-14-16-36-17-15-32/h1-2,4-11,18-19,37H,3,13-17H2,(H,29,30,31). The van der Waals surface area contributed by atoms with Crippen LogP contribution in [0.5, 0.6) is 0 Å². The maximum atomic E-state index is 11.7. The van der Waals surface area contributed by atoms with Crippen LogP contribution in [0.4, 0.5) is 23.0 Å². The SMILES string of the molecule is N#CCCN(c1ccc(-c2cccc3cnc(Nc4cccc(N5CCOCC5)c4)nc23)cc1)[SH](=O)=O. The molecule has 1 fully saturated rings. The normalized spacial score (nSPS) is 13.5. The summed E-state index contributed by atoms with van der Waals surface area (Å²) in [6, 6.07) is 23.3. The van der Waals surface area contributed by atoms with Crippen molar-refractivity contribution in [1.82, 2.24) is 9.97 Å². The molecule has 1 aromatic heterocycles. The maximum absolute atomic E-state index is 11.7. The summed E-state index contributed by atoms with van der Waals surface area (Å²) >= 11 is 0. The van der Waals surface area contributed by atoms with E-state index >= 15 is 0 Å². The summed E-state index contributed by atoms with van der Waals surface area (Å²) in [7, 11) is -2.84. The Morgan fingerprint density at radius 2 is 1.84 bits per heavy atom. The summed E-state index contributed by atoms with van der Waals surface area (Å²) in [5, 5.41) is 13.1. The molecule has 1 N–H and O–H groups in total. The smallest absolute Gasteiger partial charge is 0.227 e. The number of benzene rings is 3. The van der Waals surface area contributed by atoms with Crippen LogP contribution in [0, 0.1) is 11.3 Å². The van der Waals surface area contributed by atoms with Crippen LogP contribution in [0.3, 0.4) is 0 Å². The molecular formula is C27H26N6O3S. The van der Waals surface area contributed by atoms with Crippen molar-refractivity contribution in [2.24, 2.45) is 0 Å². The van der Waals surface area contributed by atoms with Crippen molar-refractivity contribution < 1.29 is 13.2 Å². The van der Waals surface area contributed by atoms with Crippen LogP contribution < -0.4 is 14.5 Å². The van der Waals surface area contributed by atoms with Gasteiger partial charge in [0.05, 0.1) is 36.9 Å². The molecule has 9 nitrogen and oxygen atoms in total. The minimum absolute atomic E-state index is 0.121. The molecule has 0 unspecified atom stereocenters. The fourth-order valence-electron chi connectivity index (χ4n) is 4.35. The second kappa shape index (κ2) is 11.2. The first-order chi connectivity index (χ1) is 18.1. The Labute approximate surface area is 217 Å². The molecule has 5 rings (SSSR count). The van der Waals surface area contributed by atoms with Gasteiger partial charge in [-0.2, -0.15) is 5.26 Å². The summed E-state index contributed by atoms with van der Waals surface area (Å²) in [4.78, 5) is 11.6. The second-order valence-electron chi connectivity index (χ2n) is 8.53. The lowest BCUT2D eigenvalue weighted by atomic mass is 10.0. The number of hydrogen-bond donors (Lipinski definition) is 2. The van der Waals surface area contributed by atoms with E-state index < -0.39 is 10.9 Å². The Morgan fingerprint density at radius 1 is 1.05 bits per heavy atom. The van der Waals surface area contributed by atoms with Gasteiger partial charge in [-0.05, 0) is 35.9 Å². The lowest BCUT2D eigenvalue weighted by Gasteiger charge is -2.29. The molecule has 0 radical (unpaired) electrons. The van der Waals surface area contributed by atoms with E-state index in [1.807, 2.05) is 48.5 Å². The van der Waals surface area contributed by atoms with Crippen molar-refractivity contribution in [2.75, 3.05) is 47.4 Å². The molecule has 10 heteroatoms. The van der Waals surface area contributed by atoms with Gasteiger partial charge >= 0.3 is 0 Å². The van der Waals surface area contributed by atoms with Gasteiger partial charge in [-0.3, -0.25) is 4.31 Å². The Hall–Kier alpha value is -4.20. The number of aromatic nitrogens is 2. The number of nitriles is 1. The lowest BCUT2D eigenvalue weighted by molar-refractivity contribution is 0.122. The van der Waals surface area contributed by atoms with Crippen LogP contribution in [0.1, 0.15) is 6.42 Å². The van der Waals surface area contributed by atoms with Crippen molar-refractivity contribution in [2.45, 2.75) is 6.42 Å². The number of para-hydroxylation sites is 1. The van der Waals surface area contributed by atoms with E-state index in [1.54, 1.807) is 18.3 Å². The number of fused-ring (bicyclic) bond motifs is 1. The molecule has 0 saturated carbocycles. The number of anilines is 4. The molecule has 4 aromatic rings. The van der Waals surface area contributed by atoms with Crippen LogP contribution in [0.25, 0.3) is 22.0 Å². The number of thiol groups is 1. The van der Waals surface area contributed by atoms with Crippen molar-refractivity contribution >= 4 is 44.8 Å². The highest BCUT2D eigenvalue weighted by Crippen LogP contribution is 2.30. The molecule has 0 atom stereocenters. The molecular weight excluding hydrogens is 488 g/mol. The highest BCUT2D eigenvalue weighted by atomic mass is 32.2. The monoisotopic (exact) mass is 514 g/mol. The third kappa shape index (κ3) is 5.63. The Bertz CT molecular complexity index is 1500. The van der Waals surface area contributed by atoms with Gasteiger partial charge in [0.1, 0.15) is 0 Å². The molecule has 37 heavy (non-hydrogen) atoms. The van der Waals surface area contributed by atoms with Crippen molar-refractivity contribution in [3.63, 3.8) is 0 Å². The van der Waals surface area contributed by atoms with E-state index in [9.17, 15) is 8.42 Å². The van der Waals surface area contributed by atoms with Crippen molar-refractivity contribution in [3.8, 4) is 17.2 Å². The predicted octanol–water partition coefficient (Wildman–Crippen LogP) is 4.12. The summed E-state index contributed by atoms with van der Waals surface area (Å²) in [5.41, 5.74) is 5.13. The Kier molecular flexibility index (Phi) is 7.44. The molecule has 1 aliphatic heterocycles. The summed E-state index contributed by atoms with van der Waals surface area (Å²) in [5.74, 6) is 0.488. The minimum atomic E-state index is -2.84. The maximum Gasteiger partial charge on any atom is 0.227 e. The Balaban J connectivity index is 1.42. The van der Waals surface area contributed by atoms with E-state index in [0.717, 1.165) is 59.7 Å². The van der Waals surface area contributed by atoms with Gasteiger partial charge in [-0.25, -0.2) is 18.4 Å². The fourth-order valence-corrected chi connectivity index (χ4v) is 4.94. The molecule has 0 amide bonds. The summed E-state index contributed by atoms with van der Waals surface area (Å²) in [6.45, 7) is 3.29. The molecule has 0 spiro atoms. The number of hydrogen-bond acceptors (Lipinski definition) is 8. The number of ether oxygens (including phenoxy) is 1. The molecule has 0 bridgehead atoms. The van der Waals surface area contributed by atoms with Crippen LogP contribution in [-0.4, -0.2) is 51.2 Å². The van der Waals surface area contributed by atoms with Gasteiger partial charge in [0, 0.05) is 48.2 Å². The van der Waals surface area contributed by atoms with Crippen molar-refractivity contribution in [3.05, 3.63) is 72.9 Å². The summed E-state index contributed by atoms with van der Waals surface area (Å²) < 4.78 is 30.0. The van der Waals surface area contributed by atoms with Crippen LogP contribution in [0.2, 0.25) is 0 Å². The zero-order valence-corrected chi connectivity index (χ0v) is 21.0. The predicted molar refractivity (Wildman–Crippen MR) is 146 cm³/mol. The van der Waals surface area contributed by atoms with E-state index in [4.69, 9.17) is 15.0 Å². The quantitative estimate of drug-likeness (QED) is 0.338. The van der Waals surface area contributed by atoms with Gasteiger partial charge < -0.3 is 15.0 Å². The number of rotatable bonds is 8. The van der Waals surface area contributed by atoms with Gasteiger partial charge in [0.2, 0.25) is 16.8 Å². The molecule has 1 aliphatic rings. The topological polar surface area (TPSA) is 111 Å². The zero-order valence-electron chi connectivity index (χ0n) is 20.1. The molecule has 3 aromatic carbocycles. The second-order valence-corrected chi connectivity index (χ2v) is 9.49. The average molecular weight is 515 g/mol. The zero-order chi connectivity index (χ0) is 25.6. The average Bonchev–Trinajstić information content (AvgIpc) is 2.94. The highest BCUT2D eigenvalue weighted by Gasteiger charge is 2.13. The van der Waals surface area contributed by atoms with Gasteiger partial charge in [-0.1, -0.05) is 36.4 Å². The lowest BCUT2D eigenvalue weighted by Crippen LogP contribution is -2.36. The molecule has 2 heterocycles. The first kappa shape index (κ1) is 24.5. The van der Waals surface area contributed by atoms with E-state index in [0.29, 0.717) is 11.6 Å². The van der Waals surface area contributed by atoms with Gasteiger partial charge in [-0.15, -0.1) is 0 Å². The van der Waals surface area contributed by atoms with E-state index in [2.05, 4.69) is 27.3 Å². The molecule has 0 aliphatic carbocycles. The first-order valence-corrected chi connectivity index (χ1v) is 13.1. The van der Waals surface area contributed by atoms with Gasteiger partial charge in [0.25, 0.3) is 0 Å². The highest BCUT2D eigenvalue weighted by molar-refractivity contribution is 7.74. The third-order valence-corrected chi connectivity index (χ3v) is 7.02. The van der Waals surface area contributed by atoms with Crippen LogP contribution >= 0.6 is 0 Å². The third-order valence-electron chi connectivity index (χ3n) is 6.20. The number of morpholine rings is 1. The van der Waals surface area contributed by atoms with E-state index in [-0.39, 0.29) is 13.0 Å². The van der Waals surface area contributed by atoms with Crippen LogP contribution in [-0.2, 0) is 15.6 Å².